The van der Waals surface area contributed by atoms with Gasteiger partial charge < -0.3 is 15.3 Å². The predicted molar refractivity (Wildman–Crippen MR) is 84.7 cm³/mol. The first-order valence-corrected chi connectivity index (χ1v) is 7.03. The SMILES string of the molecule is CC1C2=C(CCCC2)c2ccccc21.CO.CO.CO.[Ti]. The number of hydrogen-bond donors (Lipinski definition) is 3. The number of allylic oxidation sites excluding steroid dienone is 2. The van der Waals surface area contributed by atoms with Crippen molar-refractivity contribution in [3.05, 3.63) is 41.0 Å². The maximum absolute atomic E-state index is 7.00. The fourth-order valence-electron chi connectivity index (χ4n) is 3.05. The van der Waals surface area contributed by atoms with Gasteiger partial charge in [-0.15, -0.1) is 0 Å². The fraction of sp³-hybridized carbons (Fsp3) is 0.529. The minimum absolute atomic E-state index is 0. The Bertz CT molecular complexity index is 416. The molecule has 0 fully saturated rings. The normalized spacial score (nSPS) is 17.4. The number of aliphatic hydroxyl groups is 3. The maximum atomic E-state index is 7.00. The van der Waals surface area contributed by atoms with Gasteiger partial charge in [0, 0.05) is 49.0 Å². The van der Waals surface area contributed by atoms with Crippen LogP contribution in [0.25, 0.3) is 5.57 Å². The van der Waals surface area contributed by atoms with E-state index in [2.05, 4.69) is 31.2 Å². The van der Waals surface area contributed by atoms with Gasteiger partial charge in [0.1, 0.15) is 0 Å². The predicted octanol–water partition coefficient (Wildman–Crippen LogP) is 2.95. The summed E-state index contributed by atoms with van der Waals surface area (Å²) >= 11 is 0. The van der Waals surface area contributed by atoms with Gasteiger partial charge >= 0.3 is 0 Å². The summed E-state index contributed by atoms with van der Waals surface area (Å²) in [5.74, 6) is 0.696. The van der Waals surface area contributed by atoms with Crippen molar-refractivity contribution in [1.82, 2.24) is 0 Å². The summed E-state index contributed by atoms with van der Waals surface area (Å²) in [6.07, 6.45) is 5.44. The van der Waals surface area contributed by atoms with E-state index in [0.29, 0.717) is 5.92 Å². The molecule has 0 saturated heterocycles. The van der Waals surface area contributed by atoms with E-state index < -0.39 is 0 Å². The Hall–Kier alpha value is -0.446. The van der Waals surface area contributed by atoms with Crippen molar-refractivity contribution < 1.29 is 37.0 Å². The summed E-state index contributed by atoms with van der Waals surface area (Å²) < 4.78 is 0. The number of hydrogen-bond acceptors (Lipinski definition) is 3. The van der Waals surface area contributed by atoms with Gasteiger partial charge in [0.25, 0.3) is 0 Å². The molecule has 0 heterocycles. The number of aliphatic hydroxyl groups excluding tert-OH is 3. The molecule has 0 bridgehead atoms. The molecule has 3 N–H and O–H groups in total. The molecule has 2 aliphatic rings. The minimum atomic E-state index is 0. The van der Waals surface area contributed by atoms with E-state index in [-0.39, 0.29) is 21.7 Å². The zero-order chi connectivity index (χ0) is 15.5. The summed E-state index contributed by atoms with van der Waals surface area (Å²) in [6.45, 7) is 2.37. The Labute approximate surface area is 143 Å². The van der Waals surface area contributed by atoms with Gasteiger partial charge in [-0.1, -0.05) is 36.8 Å². The van der Waals surface area contributed by atoms with Crippen LogP contribution in [0, 0.1) is 0 Å². The molecule has 0 aromatic heterocycles. The zero-order valence-electron chi connectivity index (χ0n) is 13.6. The molecule has 3 rings (SSSR count). The van der Waals surface area contributed by atoms with Crippen LogP contribution in [-0.2, 0) is 21.7 Å². The third-order valence-electron chi connectivity index (χ3n) is 3.79. The van der Waals surface area contributed by atoms with Crippen LogP contribution in [0.1, 0.15) is 49.7 Å². The fourth-order valence-corrected chi connectivity index (χ4v) is 3.05. The monoisotopic (exact) mass is 328 g/mol. The number of fused-ring (bicyclic) bond motifs is 2. The maximum Gasteiger partial charge on any atom is 0.0319 e. The zero-order valence-corrected chi connectivity index (χ0v) is 15.1. The van der Waals surface area contributed by atoms with Crippen molar-refractivity contribution in [3.8, 4) is 0 Å². The molecule has 3 nitrogen and oxygen atoms in total. The first-order valence-electron chi connectivity index (χ1n) is 7.03. The number of rotatable bonds is 0. The second kappa shape index (κ2) is 13.2. The van der Waals surface area contributed by atoms with Gasteiger partial charge in [-0.25, -0.2) is 0 Å². The van der Waals surface area contributed by atoms with Gasteiger partial charge in [0.15, 0.2) is 0 Å². The molecule has 1 atom stereocenters. The molecule has 0 saturated carbocycles. The van der Waals surface area contributed by atoms with Crippen LogP contribution in [-0.4, -0.2) is 36.6 Å². The Morgan fingerprint density at radius 2 is 1.38 bits per heavy atom. The first kappa shape index (κ1) is 22.8. The van der Waals surface area contributed by atoms with Gasteiger partial charge in [0.2, 0.25) is 0 Å². The molecule has 4 heteroatoms. The standard InChI is InChI=1S/C14H16.3CH4O.Ti/c1-10-11-6-2-4-8-13(11)14-9-5-3-7-12(10)14;3*1-2;/h2,4,6,8,10H,3,5,7,9H2,1H3;3*2H,1H3;. The van der Waals surface area contributed by atoms with E-state index in [1.165, 1.54) is 25.7 Å². The summed E-state index contributed by atoms with van der Waals surface area (Å²) in [6, 6.07) is 8.96. The van der Waals surface area contributed by atoms with Crippen molar-refractivity contribution >= 4 is 5.57 Å². The van der Waals surface area contributed by atoms with Crippen LogP contribution in [0.2, 0.25) is 0 Å². The Morgan fingerprint density at radius 3 is 2.00 bits per heavy atom. The average molecular weight is 328 g/mol. The molecule has 1 aromatic rings. The van der Waals surface area contributed by atoms with Crippen molar-refractivity contribution in [2.24, 2.45) is 0 Å². The second-order valence-electron chi connectivity index (χ2n) is 4.52. The van der Waals surface area contributed by atoms with Crippen LogP contribution in [0.15, 0.2) is 29.8 Å². The quantitative estimate of drug-likeness (QED) is 0.642. The topological polar surface area (TPSA) is 60.7 Å². The summed E-state index contributed by atoms with van der Waals surface area (Å²) in [4.78, 5) is 0. The molecule has 0 amide bonds. The van der Waals surface area contributed by atoms with Gasteiger partial charge in [-0.05, 0) is 42.4 Å². The largest absolute Gasteiger partial charge is 0.400 e. The van der Waals surface area contributed by atoms with E-state index in [9.17, 15) is 0 Å². The van der Waals surface area contributed by atoms with Gasteiger partial charge in [-0.2, -0.15) is 0 Å². The molecule has 1 aromatic carbocycles. The van der Waals surface area contributed by atoms with Crippen LogP contribution < -0.4 is 0 Å². The first-order chi connectivity index (χ1) is 9.88. The Balaban J connectivity index is 0. The summed E-state index contributed by atoms with van der Waals surface area (Å²) in [5, 5.41) is 21.0. The van der Waals surface area contributed by atoms with E-state index in [0.717, 1.165) is 21.3 Å². The van der Waals surface area contributed by atoms with Gasteiger partial charge in [-0.3, -0.25) is 0 Å². The molecule has 21 heavy (non-hydrogen) atoms. The summed E-state index contributed by atoms with van der Waals surface area (Å²) in [7, 11) is 3.00. The molecule has 1 unspecified atom stereocenters. The van der Waals surface area contributed by atoms with Crippen LogP contribution in [0.4, 0.5) is 0 Å². The molecule has 0 radical (unpaired) electrons. The molecular formula is C17H28O3Ti. The molecule has 0 aliphatic heterocycles. The van der Waals surface area contributed by atoms with Gasteiger partial charge in [0.05, 0.1) is 0 Å². The smallest absolute Gasteiger partial charge is 0.0319 e. The molecule has 118 valence electrons. The molecule has 0 spiro atoms. The molecular weight excluding hydrogens is 300 g/mol. The van der Waals surface area contributed by atoms with Crippen molar-refractivity contribution in [3.63, 3.8) is 0 Å². The van der Waals surface area contributed by atoms with Crippen LogP contribution in [0.5, 0.6) is 0 Å². The van der Waals surface area contributed by atoms with E-state index in [1.807, 2.05) is 0 Å². The minimum Gasteiger partial charge on any atom is -0.400 e. The summed E-state index contributed by atoms with van der Waals surface area (Å²) in [5.41, 5.74) is 6.53. The van der Waals surface area contributed by atoms with Crippen molar-refractivity contribution in [1.29, 1.82) is 0 Å². The third-order valence-corrected chi connectivity index (χ3v) is 3.79. The van der Waals surface area contributed by atoms with E-state index >= 15 is 0 Å². The number of benzene rings is 1. The second-order valence-corrected chi connectivity index (χ2v) is 4.52. The van der Waals surface area contributed by atoms with Crippen molar-refractivity contribution in [2.75, 3.05) is 21.3 Å². The Morgan fingerprint density at radius 1 is 0.857 bits per heavy atom. The Kier molecular flexibility index (Phi) is 14.4. The average Bonchev–Trinajstić information content (AvgIpc) is 2.87. The van der Waals surface area contributed by atoms with E-state index in [1.54, 1.807) is 22.3 Å². The van der Waals surface area contributed by atoms with E-state index in [4.69, 9.17) is 15.3 Å². The third kappa shape index (κ3) is 5.35. The van der Waals surface area contributed by atoms with Crippen molar-refractivity contribution in [2.45, 2.75) is 38.5 Å². The van der Waals surface area contributed by atoms with Crippen LogP contribution in [0.3, 0.4) is 0 Å². The molecule has 2 aliphatic carbocycles. The van der Waals surface area contributed by atoms with Crippen LogP contribution >= 0.6 is 0 Å².